The standard InChI is InChI=1S/C17H23NO3S/c1-6-12-18(13-11-16(19)17(3,4)5)22(20,21)15-9-7-14(2)8-10-15/h6-10,16,19H,1,12H2,2-5H3. The second-order valence-electron chi connectivity index (χ2n) is 6.16. The highest BCUT2D eigenvalue weighted by molar-refractivity contribution is 7.89. The van der Waals surface area contributed by atoms with Crippen molar-refractivity contribution in [3.63, 3.8) is 0 Å². The predicted octanol–water partition coefficient (Wildman–Crippen LogP) is 2.54. The van der Waals surface area contributed by atoms with Crippen LogP contribution in [-0.4, -0.2) is 30.5 Å². The molecule has 0 saturated carbocycles. The molecule has 1 N–H and O–H groups in total. The minimum absolute atomic E-state index is 0.0556. The van der Waals surface area contributed by atoms with Gasteiger partial charge >= 0.3 is 0 Å². The molecule has 0 bridgehead atoms. The van der Waals surface area contributed by atoms with Gasteiger partial charge in [-0.2, -0.15) is 0 Å². The maximum atomic E-state index is 12.6. The molecule has 0 saturated heterocycles. The molecule has 120 valence electrons. The van der Waals surface area contributed by atoms with Crippen LogP contribution in [0.25, 0.3) is 0 Å². The second-order valence-corrected chi connectivity index (χ2v) is 8.02. The third-order valence-corrected chi connectivity index (χ3v) is 4.74. The van der Waals surface area contributed by atoms with E-state index in [1.54, 1.807) is 24.3 Å². The Morgan fingerprint density at radius 1 is 1.32 bits per heavy atom. The number of rotatable bonds is 4. The molecule has 22 heavy (non-hydrogen) atoms. The van der Waals surface area contributed by atoms with Gasteiger partial charge in [-0.15, -0.1) is 6.58 Å². The molecule has 1 aromatic rings. The number of aryl methyl sites for hydroxylation is 1. The van der Waals surface area contributed by atoms with Crippen LogP contribution in [0.15, 0.2) is 41.8 Å². The lowest BCUT2D eigenvalue weighted by molar-refractivity contribution is 0.113. The zero-order valence-electron chi connectivity index (χ0n) is 13.5. The number of aliphatic hydroxyl groups is 1. The van der Waals surface area contributed by atoms with Crippen molar-refractivity contribution in [3.8, 4) is 12.0 Å². The summed E-state index contributed by atoms with van der Waals surface area (Å²) in [5, 5.41) is 9.95. The van der Waals surface area contributed by atoms with Gasteiger partial charge in [0.05, 0.1) is 11.4 Å². The molecule has 0 spiro atoms. The fourth-order valence-electron chi connectivity index (χ4n) is 1.51. The molecule has 0 aliphatic heterocycles. The van der Waals surface area contributed by atoms with Crippen LogP contribution in [0.5, 0.6) is 0 Å². The largest absolute Gasteiger partial charge is 0.380 e. The molecule has 0 heterocycles. The van der Waals surface area contributed by atoms with Gasteiger partial charge in [-0.3, -0.25) is 0 Å². The highest BCUT2D eigenvalue weighted by Crippen LogP contribution is 2.19. The van der Waals surface area contributed by atoms with E-state index in [-0.39, 0.29) is 11.4 Å². The number of benzene rings is 1. The van der Waals surface area contributed by atoms with Gasteiger partial charge in [0.15, 0.2) is 0 Å². The van der Waals surface area contributed by atoms with Crippen LogP contribution in [0.4, 0.5) is 0 Å². The summed E-state index contributed by atoms with van der Waals surface area (Å²) in [4.78, 5) is 0.166. The van der Waals surface area contributed by atoms with Gasteiger partial charge in [0.2, 0.25) is 0 Å². The van der Waals surface area contributed by atoms with Gasteiger partial charge in [-0.25, -0.2) is 12.7 Å². The molecule has 0 fully saturated rings. The van der Waals surface area contributed by atoms with Crippen LogP contribution < -0.4 is 0 Å². The van der Waals surface area contributed by atoms with Crippen molar-refractivity contribution in [1.82, 2.24) is 4.31 Å². The summed E-state index contributed by atoms with van der Waals surface area (Å²) in [7, 11) is -3.74. The molecular formula is C17H23NO3S. The Morgan fingerprint density at radius 2 is 1.86 bits per heavy atom. The molecular weight excluding hydrogens is 298 g/mol. The van der Waals surface area contributed by atoms with Gasteiger partial charge < -0.3 is 5.11 Å². The van der Waals surface area contributed by atoms with Gasteiger partial charge in [-0.1, -0.05) is 44.5 Å². The number of sulfonamides is 1. The van der Waals surface area contributed by atoms with E-state index in [1.807, 2.05) is 27.7 Å². The number of hydrogen-bond acceptors (Lipinski definition) is 3. The maximum absolute atomic E-state index is 12.6. The molecule has 4 nitrogen and oxygen atoms in total. The lowest BCUT2D eigenvalue weighted by atomic mass is 9.90. The number of nitrogens with zero attached hydrogens (tertiary/aromatic N) is 1. The van der Waals surface area contributed by atoms with Gasteiger partial charge in [-0.05, 0) is 30.4 Å². The van der Waals surface area contributed by atoms with Crippen molar-refractivity contribution >= 4 is 10.0 Å². The van der Waals surface area contributed by atoms with Crippen molar-refractivity contribution in [2.24, 2.45) is 5.41 Å². The number of hydrogen-bond donors (Lipinski definition) is 1. The Bertz CT molecular complexity index is 673. The van der Waals surface area contributed by atoms with Crippen LogP contribution in [-0.2, 0) is 10.0 Å². The first-order valence-electron chi connectivity index (χ1n) is 6.98. The lowest BCUT2D eigenvalue weighted by Crippen LogP contribution is -2.29. The van der Waals surface area contributed by atoms with Crippen LogP contribution in [0.2, 0.25) is 0 Å². The topological polar surface area (TPSA) is 57.6 Å². The van der Waals surface area contributed by atoms with Crippen LogP contribution >= 0.6 is 0 Å². The zero-order chi connectivity index (χ0) is 17.0. The van der Waals surface area contributed by atoms with Gasteiger partial charge in [0.1, 0.15) is 6.10 Å². The van der Waals surface area contributed by atoms with Crippen molar-refractivity contribution < 1.29 is 13.5 Å². The zero-order valence-corrected chi connectivity index (χ0v) is 14.3. The van der Waals surface area contributed by atoms with E-state index < -0.39 is 21.5 Å². The maximum Gasteiger partial charge on any atom is 0.271 e. The van der Waals surface area contributed by atoms with Crippen molar-refractivity contribution in [1.29, 1.82) is 0 Å². The second kappa shape index (κ2) is 6.99. The summed E-state index contributed by atoms with van der Waals surface area (Å²) < 4.78 is 26.2. The fourth-order valence-corrected chi connectivity index (χ4v) is 2.72. The molecule has 5 heteroatoms. The molecule has 1 unspecified atom stereocenters. The Morgan fingerprint density at radius 3 is 2.32 bits per heavy atom. The lowest BCUT2D eigenvalue weighted by Gasteiger charge is -2.21. The minimum Gasteiger partial charge on any atom is -0.380 e. The summed E-state index contributed by atoms with van der Waals surface area (Å²) >= 11 is 0. The van der Waals surface area contributed by atoms with E-state index in [2.05, 4.69) is 18.5 Å². The van der Waals surface area contributed by atoms with E-state index in [1.165, 1.54) is 6.08 Å². The van der Waals surface area contributed by atoms with Gasteiger partial charge in [0, 0.05) is 6.04 Å². The first-order valence-corrected chi connectivity index (χ1v) is 8.42. The van der Waals surface area contributed by atoms with E-state index in [0.29, 0.717) is 0 Å². The van der Waals surface area contributed by atoms with E-state index in [0.717, 1.165) is 9.87 Å². The smallest absolute Gasteiger partial charge is 0.271 e. The Kier molecular flexibility index (Phi) is 5.81. The molecule has 0 aliphatic carbocycles. The highest BCUT2D eigenvalue weighted by atomic mass is 32.2. The number of aliphatic hydroxyl groups excluding tert-OH is 1. The molecule has 0 radical (unpaired) electrons. The molecule has 0 aromatic heterocycles. The summed E-state index contributed by atoms with van der Waals surface area (Å²) in [5.74, 6) is 2.60. The Hall–Kier alpha value is -1.77. The third kappa shape index (κ3) is 4.62. The fraction of sp³-hybridized carbons (Fsp3) is 0.412. The molecule has 0 amide bonds. The average Bonchev–Trinajstić information content (AvgIpc) is 2.42. The monoisotopic (exact) mass is 321 g/mol. The van der Waals surface area contributed by atoms with Crippen LogP contribution in [0.3, 0.4) is 0 Å². The molecule has 1 atom stereocenters. The van der Waals surface area contributed by atoms with E-state index in [9.17, 15) is 13.5 Å². The van der Waals surface area contributed by atoms with E-state index >= 15 is 0 Å². The first kappa shape index (κ1) is 18.3. The summed E-state index contributed by atoms with van der Waals surface area (Å²) in [6.07, 6.45) is 0.539. The SMILES string of the molecule is C=CCN(C#CC(O)C(C)(C)C)S(=O)(=O)c1ccc(C)cc1. The van der Waals surface area contributed by atoms with Crippen LogP contribution in [0.1, 0.15) is 26.3 Å². The minimum atomic E-state index is -3.74. The summed E-state index contributed by atoms with van der Waals surface area (Å²) in [6.45, 7) is 11.0. The summed E-state index contributed by atoms with van der Waals surface area (Å²) in [5.41, 5.74) is 0.531. The molecule has 1 aromatic carbocycles. The molecule has 1 rings (SSSR count). The van der Waals surface area contributed by atoms with Crippen molar-refractivity contribution in [2.45, 2.75) is 38.7 Å². The highest BCUT2D eigenvalue weighted by Gasteiger charge is 2.23. The summed E-state index contributed by atoms with van der Waals surface area (Å²) in [6, 6.07) is 9.11. The normalized spacial score (nSPS) is 13.0. The predicted molar refractivity (Wildman–Crippen MR) is 88.5 cm³/mol. The van der Waals surface area contributed by atoms with Crippen molar-refractivity contribution in [3.05, 3.63) is 42.5 Å². The quantitative estimate of drug-likeness (QED) is 0.527. The average molecular weight is 321 g/mol. The Balaban J connectivity index is 3.17. The molecule has 0 aliphatic rings. The Labute approximate surface area is 133 Å². The van der Waals surface area contributed by atoms with Crippen LogP contribution in [0, 0.1) is 24.3 Å². The van der Waals surface area contributed by atoms with Crippen molar-refractivity contribution in [2.75, 3.05) is 6.54 Å². The van der Waals surface area contributed by atoms with E-state index in [4.69, 9.17) is 0 Å². The third-order valence-electron chi connectivity index (χ3n) is 3.05. The first-order chi connectivity index (χ1) is 10.1. The van der Waals surface area contributed by atoms with Gasteiger partial charge in [0.25, 0.3) is 10.0 Å².